The zero-order valence-corrected chi connectivity index (χ0v) is 14.8. The van der Waals surface area contributed by atoms with E-state index in [1.54, 1.807) is 14.0 Å². The van der Waals surface area contributed by atoms with Crippen LogP contribution in [0.25, 0.3) is 0 Å². The molecule has 3 rings (SSSR count). The summed E-state index contributed by atoms with van der Waals surface area (Å²) in [5.41, 5.74) is 0.812. The molecule has 136 valence electrons. The van der Waals surface area contributed by atoms with Gasteiger partial charge in [-0.05, 0) is 31.7 Å². The van der Waals surface area contributed by atoms with Crippen molar-refractivity contribution in [2.24, 2.45) is 5.92 Å². The summed E-state index contributed by atoms with van der Waals surface area (Å²) in [4.78, 5) is 25.0. The molecule has 6 heteroatoms. The molecule has 0 aromatic heterocycles. The van der Waals surface area contributed by atoms with E-state index < -0.39 is 11.9 Å². The summed E-state index contributed by atoms with van der Waals surface area (Å²) >= 11 is 0. The molecule has 1 saturated carbocycles. The third-order valence-corrected chi connectivity index (χ3v) is 5.33. The monoisotopic (exact) mass is 346 g/mol. The normalized spacial score (nSPS) is 21.9. The van der Waals surface area contributed by atoms with Gasteiger partial charge in [-0.1, -0.05) is 25.1 Å². The molecule has 1 fully saturated rings. The van der Waals surface area contributed by atoms with Crippen molar-refractivity contribution < 1.29 is 19.4 Å². The van der Waals surface area contributed by atoms with Crippen LogP contribution in [-0.2, 0) is 4.79 Å². The number of carbonyl (C=O) groups is 2. The average molecular weight is 346 g/mol. The maximum absolute atomic E-state index is 12.6. The van der Waals surface area contributed by atoms with Crippen molar-refractivity contribution >= 4 is 12.0 Å². The molecule has 2 aliphatic rings. The fraction of sp³-hybridized carbons (Fsp3) is 0.579. The number of para-hydroxylation sites is 1. The Balaban J connectivity index is 1.74. The van der Waals surface area contributed by atoms with Gasteiger partial charge in [-0.15, -0.1) is 0 Å². The van der Waals surface area contributed by atoms with Gasteiger partial charge in [0.1, 0.15) is 11.4 Å². The highest BCUT2D eigenvalue weighted by Gasteiger charge is 2.43. The highest BCUT2D eigenvalue weighted by Crippen LogP contribution is 2.46. The minimum absolute atomic E-state index is 0.113. The number of urea groups is 1. The van der Waals surface area contributed by atoms with Crippen LogP contribution in [0.1, 0.15) is 50.6 Å². The van der Waals surface area contributed by atoms with Crippen LogP contribution in [0.3, 0.4) is 0 Å². The Morgan fingerprint density at radius 3 is 2.72 bits per heavy atom. The molecule has 1 heterocycles. The van der Waals surface area contributed by atoms with E-state index in [0.717, 1.165) is 43.4 Å². The van der Waals surface area contributed by atoms with Gasteiger partial charge in [-0.2, -0.15) is 0 Å². The first kappa shape index (κ1) is 17.6. The van der Waals surface area contributed by atoms with Gasteiger partial charge >= 0.3 is 12.0 Å². The van der Waals surface area contributed by atoms with E-state index in [9.17, 15) is 9.59 Å². The van der Waals surface area contributed by atoms with Crippen LogP contribution in [0.2, 0.25) is 0 Å². The largest absolute Gasteiger partial charge is 0.487 e. The Morgan fingerprint density at radius 1 is 1.36 bits per heavy atom. The molecule has 0 bridgehead atoms. The molecule has 2 N–H and O–H groups in total. The molecule has 2 atom stereocenters. The molecule has 2 unspecified atom stereocenters. The number of hydrogen-bond acceptors (Lipinski definition) is 3. The quantitative estimate of drug-likeness (QED) is 0.877. The van der Waals surface area contributed by atoms with Crippen molar-refractivity contribution in [2.75, 3.05) is 13.6 Å². The maximum Gasteiger partial charge on any atom is 0.317 e. The Morgan fingerprint density at radius 2 is 2.04 bits per heavy atom. The maximum atomic E-state index is 12.6. The predicted octanol–water partition coefficient (Wildman–Crippen LogP) is 3.19. The third kappa shape index (κ3) is 3.72. The molecular formula is C19H26N2O4. The van der Waals surface area contributed by atoms with Crippen LogP contribution >= 0.6 is 0 Å². The van der Waals surface area contributed by atoms with E-state index >= 15 is 0 Å². The highest BCUT2D eigenvalue weighted by molar-refractivity contribution is 5.76. The van der Waals surface area contributed by atoms with E-state index in [0.29, 0.717) is 0 Å². The topological polar surface area (TPSA) is 78.9 Å². The molecule has 1 aliphatic carbocycles. The molecule has 6 nitrogen and oxygen atoms in total. The lowest BCUT2D eigenvalue weighted by Crippen LogP contribution is -2.47. The molecule has 1 aromatic carbocycles. The lowest BCUT2D eigenvalue weighted by atomic mass is 9.86. The number of carboxylic acid groups (broad SMARTS) is 1. The lowest BCUT2D eigenvalue weighted by molar-refractivity contribution is -0.141. The summed E-state index contributed by atoms with van der Waals surface area (Å²) < 4.78 is 6.31. The number of aliphatic carboxylic acids is 1. The van der Waals surface area contributed by atoms with E-state index in [1.165, 1.54) is 4.90 Å². The van der Waals surface area contributed by atoms with Gasteiger partial charge in [-0.25, -0.2) is 4.79 Å². The van der Waals surface area contributed by atoms with Gasteiger partial charge in [0.25, 0.3) is 0 Å². The first-order chi connectivity index (χ1) is 11.9. The van der Waals surface area contributed by atoms with E-state index in [4.69, 9.17) is 9.84 Å². The number of amides is 2. The van der Waals surface area contributed by atoms with Crippen molar-refractivity contribution in [2.45, 2.75) is 50.7 Å². The Bertz CT molecular complexity index is 655. The predicted molar refractivity (Wildman–Crippen MR) is 93.6 cm³/mol. The number of hydrogen-bond donors (Lipinski definition) is 2. The number of carbonyl (C=O) groups excluding carboxylic acids is 1. The number of benzene rings is 1. The molecular weight excluding hydrogens is 320 g/mol. The molecule has 1 spiro atoms. The third-order valence-electron chi connectivity index (χ3n) is 5.33. The van der Waals surface area contributed by atoms with Gasteiger partial charge in [-0.3, -0.25) is 4.79 Å². The average Bonchev–Trinajstić information content (AvgIpc) is 3.02. The first-order valence-electron chi connectivity index (χ1n) is 8.93. The number of nitrogens with zero attached hydrogens (tertiary/aromatic N) is 1. The molecule has 0 radical (unpaired) electrons. The summed E-state index contributed by atoms with van der Waals surface area (Å²) in [5, 5.41) is 12.1. The lowest BCUT2D eigenvalue weighted by Gasteiger charge is -2.40. The van der Waals surface area contributed by atoms with Crippen molar-refractivity contribution in [3.8, 4) is 5.75 Å². The summed E-state index contributed by atoms with van der Waals surface area (Å²) in [5.74, 6) is -0.651. The molecule has 25 heavy (non-hydrogen) atoms. The van der Waals surface area contributed by atoms with Crippen LogP contribution in [0.15, 0.2) is 24.3 Å². The summed E-state index contributed by atoms with van der Waals surface area (Å²) in [6.45, 7) is 1.78. The smallest absolute Gasteiger partial charge is 0.317 e. The molecule has 1 aliphatic heterocycles. The number of ether oxygens (including phenoxy) is 1. The standard InChI is InChI=1S/C19H26N2O4/c1-13(17(22)23)12-21(2)18(24)20-15-11-19(9-5-6-10-19)25-16-8-4-3-7-14(15)16/h3-4,7-8,13,15H,5-6,9-12H2,1-2H3,(H,20,24)(H,22,23). The second-order valence-electron chi connectivity index (χ2n) is 7.36. The summed E-state index contributed by atoms with van der Waals surface area (Å²) in [6.07, 6.45) is 5.09. The second-order valence-corrected chi connectivity index (χ2v) is 7.36. The van der Waals surface area contributed by atoms with Crippen molar-refractivity contribution in [3.05, 3.63) is 29.8 Å². The molecule has 2 amide bonds. The molecule has 0 saturated heterocycles. The van der Waals surface area contributed by atoms with Crippen molar-refractivity contribution in [1.82, 2.24) is 10.2 Å². The van der Waals surface area contributed by atoms with Gasteiger partial charge in [0.2, 0.25) is 0 Å². The SMILES string of the molecule is CC(CN(C)C(=O)NC1CC2(CCCC2)Oc2ccccc21)C(=O)O. The van der Waals surface area contributed by atoms with E-state index in [2.05, 4.69) is 5.32 Å². The fourth-order valence-corrected chi connectivity index (χ4v) is 3.90. The Kier molecular flexibility index (Phi) is 4.88. The number of nitrogens with one attached hydrogen (secondary N) is 1. The van der Waals surface area contributed by atoms with E-state index in [-0.39, 0.29) is 24.2 Å². The van der Waals surface area contributed by atoms with Crippen LogP contribution in [0, 0.1) is 5.92 Å². The van der Waals surface area contributed by atoms with Gasteiger partial charge < -0.3 is 20.1 Å². The molecule has 1 aromatic rings. The minimum Gasteiger partial charge on any atom is -0.487 e. The number of carboxylic acids is 1. The van der Waals surface area contributed by atoms with Crippen molar-refractivity contribution in [1.29, 1.82) is 0 Å². The number of rotatable bonds is 4. The number of fused-ring (bicyclic) bond motifs is 1. The summed E-state index contributed by atoms with van der Waals surface area (Å²) in [7, 11) is 1.63. The van der Waals surface area contributed by atoms with Crippen LogP contribution in [0.5, 0.6) is 5.75 Å². The van der Waals surface area contributed by atoms with Gasteiger partial charge in [0.15, 0.2) is 0 Å². The zero-order valence-electron chi connectivity index (χ0n) is 14.8. The Labute approximate surface area is 148 Å². The van der Waals surface area contributed by atoms with Gasteiger partial charge in [0, 0.05) is 25.6 Å². The Hall–Kier alpha value is -2.24. The fourth-order valence-electron chi connectivity index (χ4n) is 3.90. The minimum atomic E-state index is -0.902. The highest BCUT2D eigenvalue weighted by atomic mass is 16.5. The van der Waals surface area contributed by atoms with Gasteiger partial charge in [0.05, 0.1) is 12.0 Å². The van der Waals surface area contributed by atoms with Crippen LogP contribution in [0.4, 0.5) is 4.79 Å². The van der Waals surface area contributed by atoms with Crippen LogP contribution < -0.4 is 10.1 Å². The second kappa shape index (κ2) is 6.94. The van der Waals surface area contributed by atoms with Crippen molar-refractivity contribution in [3.63, 3.8) is 0 Å². The van der Waals surface area contributed by atoms with E-state index in [1.807, 2.05) is 24.3 Å². The first-order valence-corrected chi connectivity index (χ1v) is 8.93. The van der Waals surface area contributed by atoms with Crippen LogP contribution in [-0.4, -0.2) is 41.2 Å². The zero-order chi connectivity index (χ0) is 18.0. The summed E-state index contributed by atoms with van der Waals surface area (Å²) in [6, 6.07) is 7.49.